The van der Waals surface area contributed by atoms with E-state index in [9.17, 15) is 4.79 Å². The van der Waals surface area contributed by atoms with Crippen molar-refractivity contribution in [3.05, 3.63) is 71.3 Å². The molecular formula is C17H20N2O. The highest BCUT2D eigenvalue weighted by Gasteiger charge is 2.11. The van der Waals surface area contributed by atoms with E-state index < -0.39 is 0 Å². The Morgan fingerprint density at radius 2 is 1.90 bits per heavy atom. The van der Waals surface area contributed by atoms with Crippen molar-refractivity contribution in [2.75, 3.05) is 6.54 Å². The van der Waals surface area contributed by atoms with Crippen molar-refractivity contribution in [2.45, 2.75) is 19.4 Å². The highest BCUT2D eigenvalue weighted by atomic mass is 16.1. The van der Waals surface area contributed by atoms with Gasteiger partial charge in [0.2, 0.25) is 0 Å². The topological polar surface area (TPSA) is 55.1 Å². The summed E-state index contributed by atoms with van der Waals surface area (Å²) in [5, 5.41) is 3.01. The molecule has 3 nitrogen and oxygen atoms in total. The zero-order chi connectivity index (χ0) is 14.4. The van der Waals surface area contributed by atoms with Gasteiger partial charge in [0.1, 0.15) is 0 Å². The number of carbonyl (C=O) groups is 1. The zero-order valence-electron chi connectivity index (χ0n) is 11.7. The number of hydrogen-bond acceptors (Lipinski definition) is 2. The molecule has 0 aliphatic heterocycles. The van der Waals surface area contributed by atoms with Crippen LogP contribution in [0.2, 0.25) is 0 Å². The predicted octanol–water partition coefficient (Wildman–Crippen LogP) is 2.68. The molecule has 0 saturated heterocycles. The minimum absolute atomic E-state index is 0.0122. The Morgan fingerprint density at radius 3 is 2.60 bits per heavy atom. The summed E-state index contributed by atoms with van der Waals surface area (Å²) in [7, 11) is 0. The van der Waals surface area contributed by atoms with Crippen LogP contribution in [0.25, 0.3) is 0 Å². The number of hydrogen-bond donors (Lipinski definition) is 2. The molecule has 2 rings (SSSR count). The average molecular weight is 268 g/mol. The average Bonchev–Trinajstić information content (AvgIpc) is 2.48. The first-order valence-electron chi connectivity index (χ1n) is 6.85. The molecule has 3 N–H and O–H groups in total. The van der Waals surface area contributed by atoms with Crippen molar-refractivity contribution in [3.63, 3.8) is 0 Å². The van der Waals surface area contributed by atoms with Gasteiger partial charge in [0, 0.05) is 5.56 Å². The third-order valence-electron chi connectivity index (χ3n) is 3.27. The van der Waals surface area contributed by atoms with Crippen LogP contribution < -0.4 is 11.1 Å². The molecule has 1 amide bonds. The van der Waals surface area contributed by atoms with Gasteiger partial charge in [0.25, 0.3) is 5.91 Å². The van der Waals surface area contributed by atoms with Gasteiger partial charge in [-0.25, -0.2) is 0 Å². The molecule has 1 atom stereocenters. The lowest BCUT2D eigenvalue weighted by molar-refractivity contribution is 0.0940. The van der Waals surface area contributed by atoms with Gasteiger partial charge in [-0.1, -0.05) is 42.5 Å². The monoisotopic (exact) mass is 268 g/mol. The van der Waals surface area contributed by atoms with E-state index in [1.807, 2.05) is 61.5 Å². The second-order valence-corrected chi connectivity index (χ2v) is 4.84. The van der Waals surface area contributed by atoms with Crippen LogP contribution in [0.1, 0.15) is 34.5 Å². The van der Waals surface area contributed by atoms with Crippen molar-refractivity contribution in [1.29, 1.82) is 0 Å². The van der Waals surface area contributed by atoms with Crippen molar-refractivity contribution >= 4 is 5.91 Å². The maximum Gasteiger partial charge on any atom is 0.251 e. The Morgan fingerprint density at radius 1 is 1.15 bits per heavy atom. The summed E-state index contributed by atoms with van der Waals surface area (Å²) in [6, 6.07) is 17.5. The van der Waals surface area contributed by atoms with Crippen LogP contribution in [-0.2, 0) is 6.42 Å². The van der Waals surface area contributed by atoms with E-state index in [0.717, 1.165) is 17.5 Å². The fraction of sp³-hybridized carbons (Fsp3) is 0.235. The molecular weight excluding hydrogens is 248 g/mol. The lowest BCUT2D eigenvalue weighted by atomic mass is 10.1. The molecule has 0 fully saturated rings. The van der Waals surface area contributed by atoms with E-state index in [4.69, 9.17) is 5.73 Å². The van der Waals surface area contributed by atoms with Crippen LogP contribution in [0.15, 0.2) is 54.6 Å². The van der Waals surface area contributed by atoms with Gasteiger partial charge in [-0.3, -0.25) is 4.79 Å². The van der Waals surface area contributed by atoms with Gasteiger partial charge < -0.3 is 11.1 Å². The molecule has 0 aliphatic rings. The van der Waals surface area contributed by atoms with Gasteiger partial charge in [-0.05, 0) is 43.1 Å². The quantitative estimate of drug-likeness (QED) is 0.876. The highest BCUT2D eigenvalue weighted by Crippen LogP contribution is 2.13. The Bertz CT molecular complexity index is 566. The SMILES string of the molecule is C[C@H](NC(=O)c1cccc(CCN)c1)c1ccccc1. The van der Waals surface area contributed by atoms with Gasteiger partial charge in [-0.15, -0.1) is 0 Å². The van der Waals surface area contributed by atoms with E-state index in [1.54, 1.807) is 0 Å². The third-order valence-corrected chi connectivity index (χ3v) is 3.27. The number of amides is 1. The van der Waals surface area contributed by atoms with Gasteiger partial charge >= 0.3 is 0 Å². The van der Waals surface area contributed by atoms with Gasteiger partial charge in [-0.2, -0.15) is 0 Å². The zero-order valence-corrected chi connectivity index (χ0v) is 11.7. The first-order valence-corrected chi connectivity index (χ1v) is 6.85. The molecule has 0 spiro atoms. The summed E-state index contributed by atoms with van der Waals surface area (Å²) in [5.74, 6) is -0.0553. The first-order chi connectivity index (χ1) is 9.70. The van der Waals surface area contributed by atoms with Crippen LogP contribution in [0.4, 0.5) is 0 Å². The molecule has 0 bridgehead atoms. The fourth-order valence-corrected chi connectivity index (χ4v) is 2.14. The van der Waals surface area contributed by atoms with Crippen LogP contribution >= 0.6 is 0 Å². The summed E-state index contributed by atoms with van der Waals surface area (Å²) >= 11 is 0. The molecule has 0 unspecified atom stereocenters. The van der Waals surface area contributed by atoms with Crippen molar-refractivity contribution in [2.24, 2.45) is 5.73 Å². The summed E-state index contributed by atoms with van der Waals surface area (Å²) in [5.41, 5.74) is 8.41. The summed E-state index contributed by atoms with van der Waals surface area (Å²) in [6.45, 7) is 2.57. The van der Waals surface area contributed by atoms with Crippen LogP contribution in [-0.4, -0.2) is 12.5 Å². The Kier molecular flexibility index (Phi) is 4.91. The minimum Gasteiger partial charge on any atom is -0.346 e. The number of nitrogens with one attached hydrogen (secondary N) is 1. The predicted molar refractivity (Wildman–Crippen MR) is 81.5 cm³/mol. The lowest BCUT2D eigenvalue weighted by Gasteiger charge is -2.14. The molecule has 0 aromatic heterocycles. The molecule has 0 aliphatic carbocycles. The van der Waals surface area contributed by atoms with Crippen molar-refractivity contribution in [1.82, 2.24) is 5.32 Å². The van der Waals surface area contributed by atoms with E-state index in [1.165, 1.54) is 0 Å². The largest absolute Gasteiger partial charge is 0.346 e. The third kappa shape index (κ3) is 3.68. The van der Waals surface area contributed by atoms with E-state index >= 15 is 0 Å². The maximum atomic E-state index is 12.2. The Balaban J connectivity index is 2.06. The Labute approximate surface area is 119 Å². The number of nitrogens with two attached hydrogens (primary N) is 1. The molecule has 2 aromatic carbocycles. The molecule has 0 saturated carbocycles. The van der Waals surface area contributed by atoms with E-state index in [-0.39, 0.29) is 11.9 Å². The molecule has 0 heterocycles. The fourth-order valence-electron chi connectivity index (χ4n) is 2.14. The van der Waals surface area contributed by atoms with Crippen molar-refractivity contribution < 1.29 is 4.79 Å². The second kappa shape index (κ2) is 6.87. The second-order valence-electron chi connectivity index (χ2n) is 4.84. The highest BCUT2D eigenvalue weighted by molar-refractivity contribution is 5.94. The summed E-state index contributed by atoms with van der Waals surface area (Å²) < 4.78 is 0. The van der Waals surface area contributed by atoms with Gasteiger partial charge in [0.05, 0.1) is 6.04 Å². The molecule has 20 heavy (non-hydrogen) atoms. The number of carbonyl (C=O) groups excluding carboxylic acids is 1. The summed E-state index contributed by atoms with van der Waals surface area (Å²) in [4.78, 5) is 12.2. The normalized spacial score (nSPS) is 11.9. The van der Waals surface area contributed by atoms with E-state index in [0.29, 0.717) is 12.1 Å². The molecule has 2 aromatic rings. The lowest BCUT2D eigenvalue weighted by Crippen LogP contribution is -2.26. The smallest absolute Gasteiger partial charge is 0.251 e. The minimum atomic E-state index is -0.0553. The maximum absolute atomic E-state index is 12.2. The molecule has 3 heteroatoms. The number of benzene rings is 2. The van der Waals surface area contributed by atoms with Crippen LogP contribution in [0.3, 0.4) is 0 Å². The standard InChI is InChI=1S/C17H20N2O/c1-13(15-7-3-2-4-8-15)19-17(20)16-9-5-6-14(12-16)10-11-18/h2-9,12-13H,10-11,18H2,1H3,(H,19,20)/t13-/m0/s1. The number of rotatable bonds is 5. The van der Waals surface area contributed by atoms with Gasteiger partial charge in [0.15, 0.2) is 0 Å². The summed E-state index contributed by atoms with van der Waals surface area (Å²) in [6.07, 6.45) is 0.787. The van der Waals surface area contributed by atoms with Crippen LogP contribution in [0.5, 0.6) is 0 Å². The Hall–Kier alpha value is -2.13. The first kappa shape index (κ1) is 14.3. The van der Waals surface area contributed by atoms with Crippen molar-refractivity contribution in [3.8, 4) is 0 Å². The van der Waals surface area contributed by atoms with E-state index in [2.05, 4.69) is 5.32 Å². The molecule has 0 radical (unpaired) electrons. The molecule has 104 valence electrons. The van der Waals surface area contributed by atoms with Crippen LogP contribution in [0, 0.1) is 0 Å².